The van der Waals surface area contributed by atoms with Gasteiger partial charge in [-0.1, -0.05) is 42.5 Å². The lowest BCUT2D eigenvalue weighted by molar-refractivity contribution is -0.174. The summed E-state index contributed by atoms with van der Waals surface area (Å²) in [5.41, 5.74) is -0.765. The molecule has 1 fully saturated rings. The molecule has 0 radical (unpaired) electrons. The molecule has 0 heterocycles. The van der Waals surface area contributed by atoms with Crippen LogP contribution in [0.25, 0.3) is 6.08 Å². The molecule has 0 unspecified atom stereocenters. The molecular weight excluding hydrogens is 348 g/mol. The number of ketones is 1. The summed E-state index contributed by atoms with van der Waals surface area (Å²) in [5, 5.41) is 10.8. The summed E-state index contributed by atoms with van der Waals surface area (Å²) in [7, 11) is 0. The highest BCUT2D eigenvalue weighted by Gasteiger charge is 2.55. The first kappa shape index (κ1) is 20.8. The highest BCUT2D eigenvalue weighted by Crippen LogP contribution is 2.42. The predicted molar refractivity (Wildman–Crippen MR) is 99.5 cm³/mol. The molecule has 0 spiro atoms. The summed E-state index contributed by atoms with van der Waals surface area (Å²) >= 11 is 0. The van der Waals surface area contributed by atoms with E-state index in [-0.39, 0.29) is 19.6 Å². The molecule has 1 N–H and O–H groups in total. The molecular formula is C21H26O6. The van der Waals surface area contributed by atoms with E-state index in [0.717, 1.165) is 5.56 Å². The van der Waals surface area contributed by atoms with Gasteiger partial charge in [0.1, 0.15) is 5.92 Å². The first-order valence-corrected chi connectivity index (χ1v) is 9.13. The van der Waals surface area contributed by atoms with Gasteiger partial charge in [-0.15, -0.1) is 0 Å². The van der Waals surface area contributed by atoms with Gasteiger partial charge < -0.3 is 14.6 Å². The highest BCUT2D eigenvalue weighted by atomic mass is 16.5. The summed E-state index contributed by atoms with van der Waals surface area (Å²) in [6, 6.07) is 9.30. The maximum absolute atomic E-state index is 12.6. The Labute approximate surface area is 159 Å². The van der Waals surface area contributed by atoms with E-state index in [9.17, 15) is 19.5 Å². The van der Waals surface area contributed by atoms with Crippen LogP contribution in [-0.2, 0) is 23.9 Å². The van der Waals surface area contributed by atoms with Gasteiger partial charge in [0.05, 0.1) is 24.7 Å². The number of carbonyl (C=O) groups is 3. The Balaban J connectivity index is 2.48. The zero-order valence-corrected chi connectivity index (χ0v) is 15.9. The van der Waals surface area contributed by atoms with Gasteiger partial charge in [0.15, 0.2) is 5.78 Å². The number of rotatable bonds is 6. The van der Waals surface area contributed by atoms with Crippen LogP contribution in [0.4, 0.5) is 0 Å². The van der Waals surface area contributed by atoms with Crippen LogP contribution in [0.2, 0.25) is 0 Å². The van der Waals surface area contributed by atoms with E-state index in [2.05, 4.69) is 0 Å². The van der Waals surface area contributed by atoms with E-state index >= 15 is 0 Å². The molecule has 6 nitrogen and oxygen atoms in total. The van der Waals surface area contributed by atoms with Gasteiger partial charge in [-0.2, -0.15) is 0 Å². The molecule has 0 aromatic heterocycles. The number of hydrogen-bond donors (Lipinski definition) is 1. The average molecular weight is 374 g/mol. The van der Waals surface area contributed by atoms with Gasteiger partial charge >= 0.3 is 11.9 Å². The van der Waals surface area contributed by atoms with Crippen molar-refractivity contribution in [3.05, 3.63) is 42.0 Å². The Morgan fingerprint density at radius 2 is 1.74 bits per heavy atom. The third-order valence-corrected chi connectivity index (χ3v) is 4.71. The molecule has 6 heteroatoms. The van der Waals surface area contributed by atoms with Crippen LogP contribution in [0.5, 0.6) is 0 Å². The number of carbonyl (C=O) groups excluding carboxylic acids is 3. The molecule has 1 aliphatic carbocycles. The lowest BCUT2D eigenvalue weighted by Gasteiger charge is -2.42. The lowest BCUT2D eigenvalue weighted by Crippen LogP contribution is -2.55. The third kappa shape index (κ3) is 4.83. The van der Waals surface area contributed by atoms with E-state index < -0.39 is 41.1 Å². The van der Waals surface area contributed by atoms with Crippen molar-refractivity contribution < 1.29 is 29.0 Å². The predicted octanol–water partition coefficient (Wildman–Crippen LogP) is 2.40. The van der Waals surface area contributed by atoms with Crippen molar-refractivity contribution in [2.45, 2.75) is 32.8 Å². The van der Waals surface area contributed by atoms with Crippen molar-refractivity contribution in [3.8, 4) is 0 Å². The van der Waals surface area contributed by atoms with Crippen LogP contribution in [0.15, 0.2) is 36.4 Å². The number of aliphatic hydroxyl groups is 1. The molecule has 1 aromatic rings. The van der Waals surface area contributed by atoms with Crippen LogP contribution in [0.1, 0.15) is 32.8 Å². The molecule has 1 aromatic carbocycles. The first-order chi connectivity index (χ1) is 12.8. The Hall–Kier alpha value is -2.47. The number of ether oxygens (including phenoxy) is 2. The largest absolute Gasteiger partial charge is 0.466 e. The molecule has 27 heavy (non-hydrogen) atoms. The van der Waals surface area contributed by atoms with Gasteiger partial charge in [0.25, 0.3) is 0 Å². The maximum Gasteiger partial charge on any atom is 0.317 e. The van der Waals surface area contributed by atoms with Crippen LogP contribution >= 0.6 is 0 Å². The Kier molecular flexibility index (Phi) is 6.91. The highest BCUT2D eigenvalue weighted by molar-refractivity contribution is 6.02. The zero-order chi connectivity index (χ0) is 20.0. The number of esters is 2. The fourth-order valence-corrected chi connectivity index (χ4v) is 3.57. The van der Waals surface area contributed by atoms with Crippen molar-refractivity contribution in [3.63, 3.8) is 0 Å². The molecule has 4 atom stereocenters. The van der Waals surface area contributed by atoms with Crippen LogP contribution in [0, 0.1) is 17.8 Å². The zero-order valence-electron chi connectivity index (χ0n) is 15.9. The quantitative estimate of drug-likeness (QED) is 0.607. The second-order valence-electron chi connectivity index (χ2n) is 6.81. The average Bonchev–Trinajstić information content (AvgIpc) is 2.59. The standard InChI is InChI=1S/C21H26O6/c1-4-26-19(23)17-15(12-11-14-9-7-6-8-10-14)18(20(24)27-5-2)21(3,25)13-16(17)22/h6-12,15,17-18,25H,4-5,13H2,1-3H3/b12-11+/t15-,17+,18+,21-/m0/s1. The van der Waals surface area contributed by atoms with Crippen LogP contribution < -0.4 is 0 Å². The van der Waals surface area contributed by atoms with E-state index in [0.29, 0.717) is 0 Å². The summed E-state index contributed by atoms with van der Waals surface area (Å²) < 4.78 is 10.2. The minimum Gasteiger partial charge on any atom is -0.466 e. The molecule has 1 aliphatic rings. The molecule has 0 aliphatic heterocycles. The van der Waals surface area contributed by atoms with Crippen molar-refractivity contribution in [2.24, 2.45) is 17.8 Å². The SMILES string of the molecule is CCOC(=O)[C@H]1C(=O)C[C@](C)(O)[C@@H](C(=O)OCC)[C@H]1/C=C/c1ccccc1. The summed E-state index contributed by atoms with van der Waals surface area (Å²) in [6.07, 6.45) is 3.05. The van der Waals surface area contributed by atoms with Gasteiger partial charge in [0, 0.05) is 12.3 Å². The Morgan fingerprint density at radius 3 is 2.33 bits per heavy atom. The van der Waals surface area contributed by atoms with Crippen molar-refractivity contribution in [1.82, 2.24) is 0 Å². The molecule has 146 valence electrons. The normalized spacial score (nSPS) is 28.1. The molecule has 0 saturated heterocycles. The van der Waals surface area contributed by atoms with Gasteiger partial charge in [-0.05, 0) is 26.3 Å². The number of Topliss-reactive ketones (excluding diaryl/α,β-unsaturated/α-hetero) is 1. The van der Waals surface area contributed by atoms with Crippen molar-refractivity contribution >= 4 is 23.8 Å². The molecule has 2 rings (SSSR count). The Bertz CT molecular complexity index is 707. The second-order valence-corrected chi connectivity index (χ2v) is 6.81. The molecule has 1 saturated carbocycles. The van der Waals surface area contributed by atoms with Crippen LogP contribution in [-0.4, -0.2) is 41.6 Å². The molecule has 0 bridgehead atoms. The van der Waals surface area contributed by atoms with E-state index in [1.807, 2.05) is 30.3 Å². The fraction of sp³-hybridized carbons (Fsp3) is 0.476. The monoisotopic (exact) mass is 374 g/mol. The molecule has 0 amide bonds. The minimum atomic E-state index is -1.61. The van der Waals surface area contributed by atoms with Crippen LogP contribution in [0.3, 0.4) is 0 Å². The smallest absolute Gasteiger partial charge is 0.317 e. The van der Waals surface area contributed by atoms with E-state index in [1.54, 1.807) is 26.0 Å². The topological polar surface area (TPSA) is 89.9 Å². The van der Waals surface area contributed by atoms with Crippen molar-refractivity contribution in [1.29, 1.82) is 0 Å². The second kappa shape index (κ2) is 8.95. The summed E-state index contributed by atoms with van der Waals surface area (Å²) in [4.78, 5) is 37.7. The van der Waals surface area contributed by atoms with E-state index in [4.69, 9.17) is 9.47 Å². The minimum absolute atomic E-state index is 0.123. The van der Waals surface area contributed by atoms with Gasteiger partial charge in [0.2, 0.25) is 0 Å². The number of benzene rings is 1. The fourth-order valence-electron chi connectivity index (χ4n) is 3.57. The summed E-state index contributed by atoms with van der Waals surface area (Å²) in [5.74, 6) is -4.83. The number of allylic oxidation sites excluding steroid dienone is 1. The summed E-state index contributed by atoms with van der Waals surface area (Å²) in [6.45, 7) is 5.01. The third-order valence-electron chi connectivity index (χ3n) is 4.71. The number of hydrogen-bond acceptors (Lipinski definition) is 6. The van der Waals surface area contributed by atoms with Gasteiger partial charge in [-0.3, -0.25) is 14.4 Å². The maximum atomic E-state index is 12.6. The first-order valence-electron chi connectivity index (χ1n) is 9.13. The lowest BCUT2D eigenvalue weighted by atomic mass is 9.63. The van der Waals surface area contributed by atoms with Crippen molar-refractivity contribution in [2.75, 3.05) is 13.2 Å². The van der Waals surface area contributed by atoms with E-state index in [1.165, 1.54) is 6.92 Å². The van der Waals surface area contributed by atoms with Gasteiger partial charge in [-0.25, -0.2) is 0 Å². The Morgan fingerprint density at radius 1 is 1.15 bits per heavy atom.